The minimum Gasteiger partial charge on any atom is -0.508 e. The number of pyridine rings is 1. The highest BCUT2D eigenvalue weighted by Gasteiger charge is 2.09. The first kappa shape index (κ1) is 16.8. The van der Waals surface area contributed by atoms with Gasteiger partial charge in [0.2, 0.25) is 5.91 Å². The summed E-state index contributed by atoms with van der Waals surface area (Å²) in [5.41, 5.74) is 5.24. The Balaban J connectivity index is 1.49. The largest absolute Gasteiger partial charge is 0.508 e. The van der Waals surface area contributed by atoms with Crippen molar-refractivity contribution in [3.05, 3.63) is 84.2 Å². The number of carbonyl (C=O) groups excluding carboxylic acids is 1. The lowest BCUT2D eigenvalue weighted by Crippen LogP contribution is -2.14. The highest BCUT2D eigenvalue weighted by atomic mass is 16.3. The van der Waals surface area contributed by atoms with E-state index in [0.717, 1.165) is 22.5 Å². The van der Waals surface area contributed by atoms with Gasteiger partial charge in [0.25, 0.3) is 0 Å². The van der Waals surface area contributed by atoms with Crippen LogP contribution in [0.4, 0.5) is 5.69 Å². The molecule has 134 valence electrons. The summed E-state index contributed by atoms with van der Waals surface area (Å²) < 4.78 is 2.01. The maximum absolute atomic E-state index is 12.2. The standard InChI is InChI=1S/C22H19N3O2/c1-15-5-4-12-25-14-19(24-22(15)25)16-8-10-18(11-9-16)23-21(27)13-17-6-2-3-7-20(17)26/h2-12,14,26H,13H2,1H3,(H,23,27). The highest BCUT2D eigenvalue weighted by molar-refractivity contribution is 5.92. The van der Waals surface area contributed by atoms with Crippen molar-refractivity contribution in [2.45, 2.75) is 13.3 Å². The van der Waals surface area contributed by atoms with Crippen LogP contribution in [0, 0.1) is 6.92 Å². The Bertz CT molecular complexity index is 1110. The van der Waals surface area contributed by atoms with Gasteiger partial charge in [0.1, 0.15) is 11.4 Å². The molecule has 0 saturated carbocycles. The fourth-order valence-corrected chi connectivity index (χ4v) is 3.06. The topological polar surface area (TPSA) is 66.6 Å². The molecule has 0 radical (unpaired) electrons. The second-order valence-corrected chi connectivity index (χ2v) is 6.48. The minimum absolute atomic E-state index is 0.125. The van der Waals surface area contributed by atoms with Gasteiger partial charge in [-0.15, -0.1) is 0 Å². The molecular weight excluding hydrogens is 338 g/mol. The minimum atomic E-state index is -0.174. The maximum Gasteiger partial charge on any atom is 0.228 e. The summed E-state index contributed by atoms with van der Waals surface area (Å²) in [7, 11) is 0. The van der Waals surface area contributed by atoms with Gasteiger partial charge in [-0.2, -0.15) is 0 Å². The summed E-state index contributed by atoms with van der Waals surface area (Å²) in [5.74, 6) is -0.0438. The monoisotopic (exact) mass is 357 g/mol. The number of benzene rings is 2. The lowest BCUT2D eigenvalue weighted by Gasteiger charge is -2.07. The van der Waals surface area contributed by atoms with E-state index in [1.54, 1.807) is 24.3 Å². The predicted octanol–water partition coefficient (Wildman–Crippen LogP) is 4.20. The first-order valence-corrected chi connectivity index (χ1v) is 8.71. The molecule has 1 amide bonds. The number of rotatable bonds is 4. The van der Waals surface area contributed by atoms with E-state index in [0.29, 0.717) is 11.3 Å². The van der Waals surface area contributed by atoms with Gasteiger partial charge in [-0.05, 0) is 36.8 Å². The van der Waals surface area contributed by atoms with Crippen molar-refractivity contribution in [1.82, 2.24) is 9.38 Å². The van der Waals surface area contributed by atoms with Gasteiger partial charge in [0.15, 0.2) is 0 Å². The molecule has 0 bridgehead atoms. The predicted molar refractivity (Wildman–Crippen MR) is 106 cm³/mol. The molecule has 0 saturated heterocycles. The van der Waals surface area contributed by atoms with E-state index in [-0.39, 0.29) is 18.1 Å². The zero-order valence-corrected chi connectivity index (χ0v) is 14.9. The van der Waals surface area contributed by atoms with E-state index in [1.807, 2.05) is 60.1 Å². The van der Waals surface area contributed by atoms with Gasteiger partial charge in [0.05, 0.1) is 12.1 Å². The molecule has 27 heavy (non-hydrogen) atoms. The van der Waals surface area contributed by atoms with Crippen LogP contribution in [0.1, 0.15) is 11.1 Å². The molecule has 0 aliphatic heterocycles. The first-order valence-electron chi connectivity index (χ1n) is 8.71. The third-order valence-electron chi connectivity index (χ3n) is 4.48. The number of nitrogens with one attached hydrogen (secondary N) is 1. The molecule has 0 spiro atoms. The summed E-state index contributed by atoms with van der Waals surface area (Å²) >= 11 is 0. The highest BCUT2D eigenvalue weighted by Crippen LogP contribution is 2.23. The molecule has 5 heteroatoms. The Morgan fingerprint density at radius 3 is 2.59 bits per heavy atom. The Labute approximate surface area is 156 Å². The van der Waals surface area contributed by atoms with Crippen molar-refractivity contribution in [3.8, 4) is 17.0 Å². The number of aryl methyl sites for hydroxylation is 1. The Morgan fingerprint density at radius 2 is 1.85 bits per heavy atom. The van der Waals surface area contributed by atoms with Crippen LogP contribution in [0.3, 0.4) is 0 Å². The van der Waals surface area contributed by atoms with Crippen molar-refractivity contribution >= 4 is 17.2 Å². The zero-order valence-electron chi connectivity index (χ0n) is 14.9. The quantitative estimate of drug-likeness (QED) is 0.575. The van der Waals surface area contributed by atoms with E-state index in [9.17, 15) is 9.90 Å². The van der Waals surface area contributed by atoms with Crippen molar-refractivity contribution in [1.29, 1.82) is 0 Å². The van der Waals surface area contributed by atoms with Crippen LogP contribution < -0.4 is 5.32 Å². The Kier molecular flexibility index (Phi) is 4.34. The van der Waals surface area contributed by atoms with E-state index in [1.165, 1.54) is 0 Å². The van der Waals surface area contributed by atoms with Crippen LogP contribution in [0.5, 0.6) is 5.75 Å². The van der Waals surface area contributed by atoms with Crippen LogP contribution in [-0.2, 0) is 11.2 Å². The number of imidazole rings is 1. The zero-order chi connectivity index (χ0) is 18.8. The van der Waals surface area contributed by atoms with Gasteiger partial charge < -0.3 is 14.8 Å². The third kappa shape index (κ3) is 3.53. The molecule has 2 heterocycles. The molecule has 2 aromatic heterocycles. The second-order valence-electron chi connectivity index (χ2n) is 6.48. The fraction of sp³-hybridized carbons (Fsp3) is 0.0909. The molecule has 0 unspecified atom stereocenters. The second kappa shape index (κ2) is 6.96. The number of phenols is 1. The van der Waals surface area contributed by atoms with E-state index in [4.69, 9.17) is 0 Å². The molecule has 5 nitrogen and oxygen atoms in total. The van der Waals surface area contributed by atoms with Crippen molar-refractivity contribution in [2.75, 3.05) is 5.32 Å². The number of hydrogen-bond acceptors (Lipinski definition) is 3. The number of anilines is 1. The summed E-state index contributed by atoms with van der Waals surface area (Å²) in [4.78, 5) is 16.9. The Morgan fingerprint density at radius 1 is 1.07 bits per heavy atom. The summed E-state index contributed by atoms with van der Waals surface area (Å²) in [5, 5.41) is 12.6. The summed E-state index contributed by atoms with van der Waals surface area (Å²) in [6, 6.07) is 18.5. The normalized spacial score (nSPS) is 10.9. The lowest BCUT2D eigenvalue weighted by atomic mass is 10.1. The van der Waals surface area contributed by atoms with Crippen LogP contribution in [-0.4, -0.2) is 20.4 Å². The average Bonchev–Trinajstić information content (AvgIpc) is 3.10. The van der Waals surface area contributed by atoms with Crippen molar-refractivity contribution in [2.24, 2.45) is 0 Å². The smallest absolute Gasteiger partial charge is 0.228 e. The molecule has 0 aliphatic carbocycles. The number of fused-ring (bicyclic) bond motifs is 1. The van der Waals surface area contributed by atoms with E-state index < -0.39 is 0 Å². The lowest BCUT2D eigenvalue weighted by molar-refractivity contribution is -0.115. The molecule has 0 fully saturated rings. The number of para-hydroxylation sites is 1. The van der Waals surface area contributed by atoms with Crippen molar-refractivity contribution in [3.63, 3.8) is 0 Å². The number of aromatic nitrogens is 2. The number of nitrogens with zero attached hydrogens (tertiary/aromatic N) is 2. The fourth-order valence-electron chi connectivity index (χ4n) is 3.06. The van der Waals surface area contributed by atoms with Crippen LogP contribution in [0.15, 0.2) is 73.1 Å². The van der Waals surface area contributed by atoms with E-state index >= 15 is 0 Å². The SMILES string of the molecule is Cc1cccn2cc(-c3ccc(NC(=O)Cc4ccccc4O)cc3)nc12. The first-order chi connectivity index (χ1) is 13.1. The molecule has 4 rings (SSSR count). The van der Waals surface area contributed by atoms with Crippen LogP contribution >= 0.6 is 0 Å². The average molecular weight is 357 g/mol. The number of phenolic OH excluding ortho intramolecular Hbond substituents is 1. The molecule has 0 aliphatic rings. The summed E-state index contributed by atoms with van der Waals surface area (Å²) in [6.45, 7) is 2.04. The number of amides is 1. The maximum atomic E-state index is 12.2. The van der Waals surface area contributed by atoms with Gasteiger partial charge in [-0.1, -0.05) is 36.4 Å². The molecule has 4 aromatic rings. The molecule has 0 atom stereocenters. The number of aromatic hydroxyl groups is 1. The van der Waals surface area contributed by atoms with Crippen molar-refractivity contribution < 1.29 is 9.90 Å². The molecule has 2 aromatic carbocycles. The summed E-state index contributed by atoms with van der Waals surface area (Å²) in [6.07, 6.45) is 4.10. The van der Waals surface area contributed by atoms with Gasteiger partial charge in [0, 0.05) is 29.2 Å². The van der Waals surface area contributed by atoms with E-state index in [2.05, 4.69) is 10.3 Å². The van der Waals surface area contributed by atoms with Crippen LogP contribution in [0.25, 0.3) is 16.9 Å². The van der Waals surface area contributed by atoms with Crippen LogP contribution in [0.2, 0.25) is 0 Å². The van der Waals surface area contributed by atoms with Gasteiger partial charge in [-0.25, -0.2) is 4.98 Å². The molecular formula is C22H19N3O2. The molecule has 2 N–H and O–H groups in total. The number of carbonyl (C=O) groups is 1. The van der Waals surface area contributed by atoms with Gasteiger partial charge >= 0.3 is 0 Å². The van der Waals surface area contributed by atoms with Gasteiger partial charge in [-0.3, -0.25) is 4.79 Å². The third-order valence-corrected chi connectivity index (χ3v) is 4.48. The number of hydrogen-bond donors (Lipinski definition) is 2. The Hall–Kier alpha value is -3.60.